The van der Waals surface area contributed by atoms with Crippen LogP contribution in [-0.2, 0) is 0 Å². The summed E-state index contributed by atoms with van der Waals surface area (Å²) in [6, 6.07) is 12.3. The molecule has 2 atom stereocenters. The van der Waals surface area contributed by atoms with E-state index in [0.29, 0.717) is 11.7 Å². The molecule has 1 aliphatic rings. The Morgan fingerprint density at radius 3 is 2.84 bits per heavy atom. The van der Waals surface area contributed by atoms with Crippen LogP contribution >= 0.6 is 12.4 Å². The van der Waals surface area contributed by atoms with Gasteiger partial charge >= 0.3 is 0 Å². The first-order chi connectivity index (χ1) is 11.8. The first kappa shape index (κ1) is 19.5. The number of aromatic nitrogens is 2. The van der Waals surface area contributed by atoms with E-state index in [1.54, 1.807) is 0 Å². The molecular formula is C19H27ClN4O. The normalized spacial score (nSPS) is 18.2. The summed E-state index contributed by atoms with van der Waals surface area (Å²) in [6.45, 7) is 4.12. The van der Waals surface area contributed by atoms with Crippen LogP contribution in [0.15, 0.2) is 42.6 Å². The number of carbonyl (C=O) groups excluding carboxylic acids is 1. The lowest BCUT2D eigenvalue weighted by atomic mass is 10.0. The maximum Gasteiger partial charge on any atom is 0.272 e. The summed E-state index contributed by atoms with van der Waals surface area (Å²) in [6.07, 6.45) is 6.12. The number of hydrogen-bond donors (Lipinski definition) is 2. The predicted molar refractivity (Wildman–Crippen MR) is 102 cm³/mol. The molecule has 1 fully saturated rings. The standard InChI is InChI=1S/C19H26N4O.ClH/c1-2-7-17(15-8-4-3-5-9-15)21-19(24)18-11-13-23(22-18)16-10-6-12-20-14-16;/h3-5,8-9,11,13,16-17,20H,2,6-7,10,12,14H2,1H3,(H,21,24);1H. The second-order valence-corrected chi connectivity index (χ2v) is 6.41. The summed E-state index contributed by atoms with van der Waals surface area (Å²) in [4.78, 5) is 12.6. The molecule has 1 amide bonds. The lowest BCUT2D eigenvalue weighted by Gasteiger charge is -2.23. The Labute approximate surface area is 155 Å². The second-order valence-electron chi connectivity index (χ2n) is 6.41. The van der Waals surface area contributed by atoms with Gasteiger partial charge in [-0.1, -0.05) is 43.7 Å². The van der Waals surface area contributed by atoms with Crippen molar-refractivity contribution < 1.29 is 4.79 Å². The fourth-order valence-corrected chi connectivity index (χ4v) is 3.25. The van der Waals surface area contributed by atoms with E-state index in [1.165, 1.54) is 0 Å². The van der Waals surface area contributed by atoms with Crippen LogP contribution in [0.1, 0.15) is 60.7 Å². The summed E-state index contributed by atoms with van der Waals surface area (Å²) in [5.74, 6) is -0.0974. The van der Waals surface area contributed by atoms with E-state index in [-0.39, 0.29) is 24.4 Å². The molecule has 1 aliphatic heterocycles. The summed E-state index contributed by atoms with van der Waals surface area (Å²) in [5.41, 5.74) is 1.64. The van der Waals surface area contributed by atoms with Crippen molar-refractivity contribution in [3.8, 4) is 0 Å². The van der Waals surface area contributed by atoms with Crippen LogP contribution in [0.4, 0.5) is 0 Å². The van der Waals surface area contributed by atoms with E-state index < -0.39 is 0 Å². The first-order valence-electron chi connectivity index (χ1n) is 8.89. The van der Waals surface area contributed by atoms with Crippen LogP contribution in [0.5, 0.6) is 0 Å². The number of halogens is 1. The zero-order valence-electron chi connectivity index (χ0n) is 14.6. The van der Waals surface area contributed by atoms with Gasteiger partial charge in [0.15, 0.2) is 0 Å². The quantitative estimate of drug-likeness (QED) is 0.826. The SMILES string of the molecule is CCCC(NC(=O)c1ccn(C2CCCNC2)n1)c1ccccc1.Cl. The summed E-state index contributed by atoms with van der Waals surface area (Å²) in [5, 5.41) is 11.0. The number of rotatable bonds is 6. The zero-order valence-corrected chi connectivity index (χ0v) is 15.5. The van der Waals surface area contributed by atoms with Gasteiger partial charge in [0.1, 0.15) is 5.69 Å². The Morgan fingerprint density at radius 1 is 1.36 bits per heavy atom. The third-order valence-corrected chi connectivity index (χ3v) is 4.57. The smallest absolute Gasteiger partial charge is 0.272 e. The van der Waals surface area contributed by atoms with Crippen LogP contribution < -0.4 is 10.6 Å². The van der Waals surface area contributed by atoms with Gasteiger partial charge in [0, 0.05) is 12.7 Å². The molecule has 0 radical (unpaired) electrons. The summed E-state index contributed by atoms with van der Waals surface area (Å²) in [7, 11) is 0. The molecule has 1 aromatic heterocycles. The summed E-state index contributed by atoms with van der Waals surface area (Å²) >= 11 is 0. The van der Waals surface area contributed by atoms with Crippen LogP contribution in [-0.4, -0.2) is 28.8 Å². The molecular weight excluding hydrogens is 336 g/mol. The van der Waals surface area contributed by atoms with Gasteiger partial charge in [0.05, 0.1) is 12.1 Å². The van der Waals surface area contributed by atoms with E-state index in [2.05, 4.69) is 34.8 Å². The number of carbonyl (C=O) groups is 1. The molecule has 0 saturated carbocycles. The van der Waals surface area contributed by atoms with Crippen molar-refractivity contribution in [2.24, 2.45) is 0 Å². The molecule has 0 spiro atoms. The number of benzene rings is 1. The van der Waals surface area contributed by atoms with Gasteiger partial charge in [-0.2, -0.15) is 5.10 Å². The Morgan fingerprint density at radius 2 is 2.16 bits per heavy atom. The fourth-order valence-electron chi connectivity index (χ4n) is 3.25. The van der Waals surface area contributed by atoms with Crippen LogP contribution in [0.25, 0.3) is 0 Å². The summed E-state index contributed by atoms with van der Waals surface area (Å²) < 4.78 is 1.93. The highest BCUT2D eigenvalue weighted by molar-refractivity contribution is 5.92. The lowest BCUT2D eigenvalue weighted by Crippen LogP contribution is -2.32. The number of amides is 1. The van der Waals surface area contributed by atoms with Gasteiger partial charge in [-0.3, -0.25) is 9.48 Å². The van der Waals surface area contributed by atoms with E-state index in [4.69, 9.17) is 0 Å². The molecule has 0 bridgehead atoms. The minimum Gasteiger partial charge on any atom is -0.344 e. The van der Waals surface area contributed by atoms with Crippen molar-refractivity contribution in [1.82, 2.24) is 20.4 Å². The van der Waals surface area contributed by atoms with Crippen molar-refractivity contribution >= 4 is 18.3 Å². The maximum atomic E-state index is 12.6. The molecule has 0 aliphatic carbocycles. The molecule has 25 heavy (non-hydrogen) atoms. The van der Waals surface area contributed by atoms with Crippen molar-refractivity contribution in [2.45, 2.75) is 44.7 Å². The minimum atomic E-state index is -0.0974. The number of nitrogens with zero attached hydrogens (tertiary/aromatic N) is 2. The Kier molecular flexibility index (Phi) is 7.47. The highest BCUT2D eigenvalue weighted by Gasteiger charge is 2.20. The molecule has 3 rings (SSSR count). The molecule has 6 heteroatoms. The van der Waals surface area contributed by atoms with Gasteiger partial charge in [-0.05, 0) is 37.4 Å². The molecule has 1 aromatic carbocycles. The Hall–Kier alpha value is -1.85. The monoisotopic (exact) mass is 362 g/mol. The van der Waals surface area contributed by atoms with Gasteiger partial charge in [0.25, 0.3) is 5.91 Å². The van der Waals surface area contributed by atoms with Crippen molar-refractivity contribution in [1.29, 1.82) is 0 Å². The second kappa shape index (κ2) is 9.59. The highest BCUT2D eigenvalue weighted by Crippen LogP contribution is 2.19. The first-order valence-corrected chi connectivity index (χ1v) is 8.89. The van der Waals surface area contributed by atoms with Crippen LogP contribution in [0, 0.1) is 0 Å². The molecule has 2 unspecified atom stereocenters. The highest BCUT2D eigenvalue weighted by atomic mass is 35.5. The number of hydrogen-bond acceptors (Lipinski definition) is 3. The average molecular weight is 363 g/mol. The topological polar surface area (TPSA) is 59.0 Å². The molecule has 1 saturated heterocycles. The van der Waals surface area contributed by atoms with Crippen LogP contribution in [0.2, 0.25) is 0 Å². The minimum absolute atomic E-state index is 0. The fraction of sp³-hybridized carbons (Fsp3) is 0.474. The lowest BCUT2D eigenvalue weighted by molar-refractivity contribution is 0.0928. The molecule has 5 nitrogen and oxygen atoms in total. The number of piperidine rings is 1. The molecule has 2 N–H and O–H groups in total. The third kappa shape index (κ3) is 5.06. The Bertz CT molecular complexity index is 652. The van der Waals surface area contributed by atoms with Crippen LogP contribution in [0.3, 0.4) is 0 Å². The number of nitrogens with one attached hydrogen (secondary N) is 2. The molecule has 136 valence electrons. The van der Waals surface area contributed by atoms with Crippen molar-refractivity contribution in [2.75, 3.05) is 13.1 Å². The van der Waals surface area contributed by atoms with E-state index in [0.717, 1.165) is 44.3 Å². The molecule has 2 aromatic rings. The van der Waals surface area contributed by atoms with Crippen molar-refractivity contribution in [3.63, 3.8) is 0 Å². The third-order valence-electron chi connectivity index (χ3n) is 4.57. The van der Waals surface area contributed by atoms with Gasteiger partial charge in [0.2, 0.25) is 0 Å². The van der Waals surface area contributed by atoms with Crippen molar-refractivity contribution in [3.05, 3.63) is 53.9 Å². The van der Waals surface area contributed by atoms with Gasteiger partial charge < -0.3 is 10.6 Å². The van der Waals surface area contributed by atoms with Gasteiger partial charge in [-0.15, -0.1) is 12.4 Å². The maximum absolute atomic E-state index is 12.6. The van der Waals surface area contributed by atoms with E-state index in [9.17, 15) is 4.79 Å². The molecule has 2 heterocycles. The average Bonchev–Trinajstić information content (AvgIpc) is 3.13. The predicted octanol–water partition coefficient (Wildman–Crippen LogP) is 3.50. The van der Waals surface area contributed by atoms with E-state index >= 15 is 0 Å². The van der Waals surface area contributed by atoms with Gasteiger partial charge in [-0.25, -0.2) is 0 Å². The zero-order chi connectivity index (χ0) is 16.8. The van der Waals surface area contributed by atoms with E-state index in [1.807, 2.05) is 35.1 Å². The largest absolute Gasteiger partial charge is 0.344 e. The Balaban J connectivity index is 0.00000225.